The van der Waals surface area contributed by atoms with Crippen molar-refractivity contribution in [2.75, 3.05) is 6.61 Å². The number of nitrogens with zero attached hydrogens (tertiary/aromatic N) is 6. The number of aliphatic hydroxyl groups is 1. The summed E-state index contributed by atoms with van der Waals surface area (Å²) in [5.41, 5.74) is 0.985. The summed E-state index contributed by atoms with van der Waals surface area (Å²) in [6.45, 7) is -0.522. The molecule has 0 aliphatic rings. The molecular formula is C26H26F4N8O4. The highest BCUT2D eigenvalue weighted by Crippen LogP contribution is 2.23. The van der Waals surface area contributed by atoms with Crippen molar-refractivity contribution in [3.05, 3.63) is 89.5 Å². The van der Waals surface area contributed by atoms with Crippen LogP contribution in [0.15, 0.2) is 67.0 Å². The minimum absolute atomic E-state index is 0.0155. The molecule has 0 fully saturated rings. The Morgan fingerprint density at radius 3 is 2.36 bits per heavy atom. The van der Waals surface area contributed by atoms with E-state index < -0.39 is 36.1 Å². The summed E-state index contributed by atoms with van der Waals surface area (Å²) < 4.78 is 58.2. The van der Waals surface area contributed by atoms with Gasteiger partial charge in [0.25, 0.3) is 11.8 Å². The Bertz CT molecular complexity index is 1480. The van der Waals surface area contributed by atoms with E-state index in [0.717, 1.165) is 12.1 Å². The Labute approximate surface area is 236 Å². The van der Waals surface area contributed by atoms with Crippen LogP contribution in [0.2, 0.25) is 0 Å². The molecule has 0 spiro atoms. The van der Waals surface area contributed by atoms with Crippen LogP contribution in [0.25, 0.3) is 0 Å². The quantitative estimate of drug-likeness (QED) is 0.201. The molecule has 3 N–H and O–H groups in total. The van der Waals surface area contributed by atoms with E-state index in [1.807, 2.05) is 6.07 Å². The minimum Gasteiger partial charge on any atom is -0.406 e. The smallest absolute Gasteiger partial charge is 0.406 e. The van der Waals surface area contributed by atoms with Crippen LogP contribution in [-0.4, -0.2) is 66.0 Å². The summed E-state index contributed by atoms with van der Waals surface area (Å²) in [6, 6.07) is 13.4. The topological polar surface area (TPSA) is 149 Å². The number of nitrogens with one attached hydrogen (secondary N) is 2. The molecule has 0 aliphatic carbocycles. The predicted octanol–water partition coefficient (Wildman–Crippen LogP) is 2.59. The Hall–Kier alpha value is -4.86. The molecule has 4 aromatic rings. The lowest BCUT2D eigenvalue weighted by molar-refractivity contribution is -0.274. The van der Waals surface area contributed by atoms with Crippen molar-refractivity contribution in [3.8, 4) is 5.75 Å². The van der Waals surface area contributed by atoms with Crippen LogP contribution in [0.3, 0.4) is 0 Å². The van der Waals surface area contributed by atoms with Crippen molar-refractivity contribution in [1.29, 1.82) is 0 Å². The van der Waals surface area contributed by atoms with Gasteiger partial charge in [-0.15, -0.1) is 23.4 Å². The normalized spacial score (nSPS) is 12.9. The first-order valence-electron chi connectivity index (χ1n) is 12.6. The van der Waals surface area contributed by atoms with E-state index in [4.69, 9.17) is 0 Å². The molecule has 4 rings (SSSR count). The number of aryl methyl sites for hydroxylation is 1. The Morgan fingerprint density at radius 1 is 0.952 bits per heavy atom. The molecule has 2 aromatic heterocycles. The maximum atomic E-state index is 14.6. The van der Waals surface area contributed by atoms with Gasteiger partial charge in [0.15, 0.2) is 11.4 Å². The van der Waals surface area contributed by atoms with Crippen molar-refractivity contribution in [2.24, 2.45) is 0 Å². The van der Waals surface area contributed by atoms with E-state index in [2.05, 4.69) is 36.0 Å². The monoisotopic (exact) mass is 590 g/mol. The zero-order valence-corrected chi connectivity index (χ0v) is 21.9. The number of rotatable bonds is 13. The highest BCUT2D eigenvalue weighted by atomic mass is 19.4. The predicted molar refractivity (Wildman–Crippen MR) is 138 cm³/mol. The highest BCUT2D eigenvalue weighted by Gasteiger charge is 2.31. The Morgan fingerprint density at radius 2 is 1.64 bits per heavy atom. The number of hydrogen-bond acceptors (Lipinski definition) is 8. The first kappa shape index (κ1) is 30.1. The fourth-order valence-corrected chi connectivity index (χ4v) is 3.85. The molecule has 42 heavy (non-hydrogen) atoms. The van der Waals surface area contributed by atoms with Crippen LogP contribution < -0.4 is 15.4 Å². The molecule has 0 saturated heterocycles. The van der Waals surface area contributed by atoms with Gasteiger partial charge in [0.2, 0.25) is 0 Å². The standard InChI is InChI=1S/C26H26F4N8O4/c27-19(13-38-15-22(34-36-38)25(41)32-23(16-39)18-6-2-1-3-7-18)9-10-37-14-21(33-35-37)24(40)31-12-17-5-4-8-20(11-17)42-26(28,29)30/h1-8,11,14-15,19,23,39H,9-10,12-13,16H2,(H,31,40)(H,32,41)/t19?,23-/m0/s1. The van der Waals surface area contributed by atoms with Crippen molar-refractivity contribution < 1.29 is 37.0 Å². The van der Waals surface area contributed by atoms with Gasteiger partial charge in [0, 0.05) is 19.5 Å². The summed E-state index contributed by atoms with van der Waals surface area (Å²) in [6.07, 6.45) is -3.64. The zero-order chi connectivity index (χ0) is 30.1. The van der Waals surface area contributed by atoms with Crippen LogP contribution in [0.5, 0.6) is 5.75 Å². The summed E-state index contributed by atoms with van der Waals surface area (Å²) in [4.78, 5) is 24.9. The summed E-state index contributed by atoms with van der Waals surface area (Å²) >= 11 is 0. The minimum atomic E-state index is -4.83. The average molecular weight is 591 g/mol. The van der Waals surface area contributed by atoms with Gasteiger partial charge in [-0.2, -0.15) is 0 Å². The molecular weight excluding hydrogens is 564 g/mol. The van der Waals surface area contributed by atoms with Crippen LogP contribution in [0.1, 0.15) is 44.6 Å². The number of carbonyl (C=O) groups is 2. The Kier molecular flexibility index (Phi) is 9.80. The van der Waals surface area contributed by atoms with Crippen molar-refractivity contribution in [1.82, 2.24) is 40.6 Å². The number of amides is 2. The van der Waals surface area contributed by atoms with E-state index in [1.54, 1.807) is 24.3 Å². The number of aromatic nitrogens is 6. The van der Waals surface area contributed by atoms with Crippen LogP contribution in [0.4, 0.5) is 17.6 Å². The molecule has 2 amide bonds. The molecule has 0 saturated carbocycles. The first-order chi connectivity index (χ1) is 20.1. The number of alkyl halides is 4. The number of halogens is 4. The lowest BCUT2D eigenvalue weighted by Gasteiger charge is -2.15. The molecule has 0 bridgehead atoms. The summed E-state index contributed by atoms with van der Waals surface area (Å²) in [5.74, 6) is -1.61. The van der Waals surface area contributed by atoms with Gasteiger partial charge in [-0.3, -0.25) is 14.3 Å². The van der Waals surface area contributed by atoms with Gasteiger partial charge >= 0.3 is 6.36 Å². The van der Waals surface area contributed by atoms with E-state index in [-0.39, 0.29) is 44.0 Å². The molecule has 1 unspecified atom stereocenters. The third-order valence-electron chi connectivity index (χ3n) is 5.87. The second-order valence-corrected chi connectivity index (χ2v) is 9.08. The van der Waals surface area contributed by atoms with Gasteiger partial charge in [-0.05, 0) is 23.3 Å². The van der Waals surface area contributed by atoms with E-state index >= 15 is 0 Å². The third-order valence-corrected chi connectivity index (χ3v) is 5.87. The van der Waals surface area contributed by atoms with Crippen molar-refractivity contribution >= 4 is 11.8 Å². The van der Waals surface area contributed by atoms with E-state index in [1.165, 1.54) is 33.9 Å². The fourth-order valence-electron chi connectivity index (χ4n) is 3.85. The molecule has 0 aliphatic heterocycles. The van der Waals surface area contributed by atoms with Gasteiger partial charge < -0.3 is 20.5 Å². The molecule has 16 heteroatoms. The van der Waals surface area contributed by atoms with E-state index in [0.29, 0.717) is 11.1 Å². The number of hydrogen-bond donors (Lipinski definition) is 3. The number of benzene rings is 2. The maximum Gasteiger partial charge on any atom is 0.573 e. The maximum absolute atomic E-state index is 14.6. The van der Waals surface area contributed by atoms with Crippen LogP contribution in [0, 0.1) is 0 Å². The lowest BCUT2D eigenvalue weighted by Crippen LogP contribution is -2.31. The molecule has 2 heterocycles. The second kappa shape index (κ2) is 13.7. The van der Waals surface area contributed by atoms with Gasteiger partial charge in [-0.1, -0.05) is 52.9 Å². The summed E-state index contributed by atoms with van der Waals surface area (Å²) in [7, 11) is 0. The molecule has 2 atom stereocenters. The van der Waals surface area contributed by atoms with Crippen LogP contribution in [-0.2, 0) is 19.6 Å². The number of ether oxygens (including phenoxy) is 1. The van der Waals surface area contributed by atoms with E-state index in [9.17, 15) is 32.3 Å². The fraction of sp³-hybridized carbons (Fsp3) is 0.308. The van der Waals surface area contributed by atoms with Crippen molar-refractivity contribution in [3.63, 3.8) is 0 Å². The second-order valence-electron chi connectivity index (χ2n) is 9.08. The first-order valence-corrected chi connectivity index (χ1v) is 12.6. The SMILES string of the molecule is O=C(NCc1cccc(OC(F)(F)F)c1)c1cn(CCC(F)Cn2cc(C(=O)N[C@@H](CO)c3ccccc3)nn2)nn1. The van der Waals surface area contributed by atoms with Gasteiger partial charge in [0.1, 0.15) is 11.9 Å². The molecule has 12 nitrogen and oxygen atoms in total. The summed E-state index contributed by atoms with van der Waals surface area (Å²) in [5, 5.41) is 29.9. The molecule has 2 aromatic carbocycles. The Balaban J connectivity index is 1.22. The van der Waals surface area contributed by atoms with Gasteiger partial charge in [0.05, 0.1) is 31.6 Å². The van der Waals surface area contributed by atoms with Crippen LogP contribution >= 0.6 is 0 Å². The highest BCUT2D eigenvalue weighted by molar-refractivity contribution is 5.92. The van der Waals surface area contributed by atoms with Gasteiger partial charge in [-0.25, -0.2) is 9.07 Å². The largest absolute Gasteiger partial charge is 0.573 e. The molecule has 222 valence electrons. The zero-order valence-electron chi connectivity index (χ0n) is 21.9. The average Bonchev–Trinajstić information content (AvgIpc) is 3.63. The lowest BCUT2D eigenvalue weighted by atomic mass is 10.1. The molecule has 0 radical (unpaired) electrons. The number of aliphatic hydroxyl groups excluding tert-OH is 1. The van der Waals surface area contributed by atoms with Crippen molar-refractivity contribution in [2.45, 2.75) is 44.6 Å². The third kappa shape index (κ3) is 8.82. The number of carbonyl (C=O) groups excluding carboxylic acids is 2.